The number of rotatable bonds is 6. The fourth-order valence-corrected chi connectivity index (χ4v) is 4.06. The van der Waals surface area contributed by atoms with Crippen LogP contribution in [0.15, 0.2) is 46.9 Å². The van der Waals surface area contributed by atoms with Gasteiger partial charge in [-0.1, -0.05) is 38.1 Å². The minimum absolute atomic E-state index is 0.143. The number of anilines is 1. The van der Waals surface area contributed by atoms with Crippen molar-refractivity contribution in [1.29, 1.82) is 0 Å². The average Bonchev–Trinajstić information content (AvgIpc) is 2.48. The molecule has 8 heteroatoms. The maximum Gasteiger partial charge on any atom is 0.273 e. The Kier molecular flexibility index (Phi) is 5.61. The first-order valence-electron chi connectivity index (χ1n) is 7.22. The number of benzene rings is 2. The molecule has 2 rings (SSSR count). The van der Waals surface area contributed by atoms with Gasteiger partial charge in [-0.3, -0.25) is 14.8 Å². The molecule has 0 unspecified atom stereocenters. The Bertz CT molecular complexity index is 866. The van der Waals surface area contributed by atoms with Crippen LogP contribution in [0.4, 0.5) is 11.4 Å². The summed E-state index contributed by atoms with van der Waals surface area (Å²) in [5.74, 6) is -0.151. The fraction of sp³-hybridized carbons (Fsp3) is 0.250. The third-order valence-corrected chi connectivity index (χ3v) is 5.34. The fourth-order valence-electron chi connectivity index (χ4n) is 2.19. The van der Waals surface area contributed by atoms with Gasteiger partial charge in [-0.25, -0.2) is 8.42 Å². The molecular formula is C16H17BrN2O4S. The molecule has 128 valence electrons. The van der Waals surface area contributed by atoms with Crippen molar-refractivity contribution in [2.45, 2.75) is 25.5 Å². The highest BCUT2D eigenvalue weighted by Gasteiger charge is 2.20. The monoisotopic (exact) mass is 412 g/mol. The molecule has 0 saturated carbocycles. The van der Waals surface area contributed by atoms with Gasteiger partial charge in [0.1, 0.15) is 5.75 Å². The number of hydrogen-bond donors (Lipinski definition) is 1. The summed E-state index contributed by atoms with van der Waals surface area (Å²) in [5.41, 5.74) is 1.41. The van der Waals surface area contributed by atoms with Crippen LogP contribution in [0, 0.1) is 10.1 Å². The summed E-state index contributed by atoms with van der Waals surface area (Å²) in [6, 6.07) is 11.2. The van der Waals surface area contributed by atoms with E-state index in [1.807, 2.05) is 26.0 Å². The Morgan fingerprint density at radius 2 is 1.88 bits per heavy atom. The SMILES string of the molecule is CC(C)c1ccc(NS(=O)(=O)Cc2ccccc2[N+](=O)[O-])c(Br)c1. The molecule has 0 fully saturated rings. The first-order chi connectivity index (χ1) is 11.2. The van der Waals surface area contributed by atoms with Gasteiger partial charge in [0.2, 0.25) is 10.0 Å². The minimum atomic E-state index is -3.78. The van der Waals surface area contributed by atoms with Gasteiger partial charge in [-0.05, 0) is 39.5 Å². The molecule has 0 saturated heterocycles. The molecule has 0 spiro atoms. The van der Waals surface area contributed by atoms with Crippen LogP contribution < -0.4 is 4.72 Å². The Balaban J connectivity index is 2.25. The number of para-hydroxylation sites is 1. The first-order valence-corrected chi connectivity index (χ1v) is 9.66. The molecule has 0 heterocycles. The summed E-state index contributed by atoms with van der Waals surface area (Å²) >= 11 is 3.36. The van der Waals surface area contributed by atoms with Crippen LogP contribution in [0.1, 0.15) is 30.9 Å². The molecule has 0 aromatic heterocycles. The highest BCUT2D eigenvalue weighted by molar-refractivity contribution is 9.10. The van der Waals surface area contributed by atoms with Crippen LogP contribution in [0.3, 0.4) is 0 Å². The largest absolute Gasteiger partial charge is 0.282 e. The van der Waals surface area contributed by atoms with Crippen molar-refractivity contribution in [3.8, 4) is 0 Å². The van der Waals surface area contributed by atoms with Gasteiger partial charge in [0, 0.05) is 16.1 Å². The van der Waals surface area contributed by atoms with E-state index in [-0.39, 0.29) is 11.3 Å². The second-order valence-corrected chi connectivity index (χ2v) is 8.22. The van der Waals surface area contributed by atoms with E-state index >= 15 is 0 Å². The van der Waals surface area contributed by atoms with Crippen LogP contribution in [0.5, 0.6) is 0 Å². The summed E-state index contributed by atoms with van der Waals surface area (Å²) in [7, 11) is -3.78. The quantitative estimate of drug-likeness (QED) is 0.561. The lowest BCUT2D eigenvalue weighted by Gasteiger charge is -2.12. The smallest absolute Gasteiger partial charge is 0.273 e. The normalized spacial score (nSPS) is 11.5. The zero-order valence-electron chi connectivity index (χ0n) is 13.2. The summed E-state index contributed by atoms with van der Waals surface area (Å²) < 4.78 is 27.8. The number of sulfonamides is 1. The highest BCUT2D eigenvalue weighted by Crippen LogP contribution is 2.29. The van der Waals surface area contributed by atoms with Crippen LogP contribution in [-0.2, 0) is 15.8 Å². The molecule has 0 aliphatic heterocycles. The third kappa shape index (κ3) is 4.55. The van der Waals surface area contributed by atoms with E-state index in [0.29, 0.717) is 16.1 Å². The van der Waals surface area contributed by atoms with Gasteiger partial charge in [0.05, 0.1) is 10.6 Å². The van der Waals surface area contributed by atoms with Crippen LogP contribution in [0.25, 0.3) is 0 Å². The molecule has 0 bridgehead atoms. The summed E-state index contributed by atoms with van der Waals surface area (Å²) in [6.45, 7) is 4.08. The van der Waals surface area contributed by atoms with Crippen molar-refractivity contribution in [2.75, 3.05) is 4.72 Å². The van der Waals surface area contributed by atoms with E-state index in [1.54, 1.807) is 12.1 Å². The Labute approximate surface area is 149 Å². The second-order valence-electron chi connectivity index (χ2n) is 5.64. The predicted molar refractivity (Wildman–Crippen MR) is 97.6 cm³/mol. The van der Waals surface area contributed by atoms with Gasteiger partial charge in [-0.15, -0.1) is 0 Å². The number of nitrogens with one attached hydrogen (secondary N) is 1. The lowest BCUT2D eigenvalue weighted by atomic mass is 10.0. The Hall–Kier alpha value is -1.93. The van der Waals surface area contributed by atoms with Gasteiger partial charge in [0.15, 0.2) is 0 Å². The standard InChI is InChI=1S/C16H17BrN2O4S/c1-11(2)12-7-8-15(14(17)9-12)18-24(22,23)10-13-5-3-4-6-16(13)19(20)21/h3-9,11,18H,10H2,1-2H3. The van der Waals surface area contributed by atoms with Crippen molar-refractivity contribution in [3.05, 3.63) is 68.2 Å². The lowest BCUT2D eigenvalue weighted by molar-refractivity contribution is -0.385. The first kappa shape index (κ1) is 18.4. The van der Waals surface area contributed by atoms with E-state index in [4.69, 9.17) is 0 Å². The number of nitrogens with zero attached hydrogens (tertiary/aromatic N) is 1. The lowest BCUT2D eigenvalue weighted by Crippen LogP contribution is -2.16. The van der Waals surface area contributed by atoms with Crippen molar-refractivity contribution >= 4 is 37.3 Å². The van der Waals surface area contributed by atoms with Crippen molar-refractivity contribution in [1.82, 2.24) is 0 Å². The topological polar surface area (TPSA) is 89.3 Å². The summed E-state index contributed by atoms with van der Waals surface area (Å²) in [6.07, 6.45) is 0. The Morgan fingerprint density at radius 1 is 1.21 bits per heavy atom. The number of hydrogen-bond acceptors (Lipinski definition) is 4. The van der Waals surface area contributed by atoms with Crippen LogP contribution >= 0.6 is 15.9 Å². The molecule has 2 aromatic carbocycles. The van der Waals surface area contributed by atoms with Crippen molar-refractivity contribution < 1.29 is 13.3 Å². The zero-order chi connectivity index (χ0) is 17.9. The summed E-state index contributed by atoms with van der Waals surface area (Å²) in [4.78, 5) is 10.4. The van der Waals surface area contributed by atoms with E-state index in [0.717, 1.165) is 5.56 Å². The van der Waals surface area contributed by atoms with Gasteiger partial charge >= 0.3 is 0 Å². The molecule has 0 amide bonds. The Morgan fingerprint density at radius 3 is 2.46 bits per heavy atom. The molecule has 24 heavy (non-hydrogen) atoms. The maximum atomic E-state index is 12.4. The zero-order valence-corrected chi connectivity index (χ0v) is 15.6. The van der Waals surface area contributed by atoms with E-state index in [2.05, 4.69) is 20.7 Å². The van der Waals surface area contributed by atoms with Gasteiger partial charge in [0.25, 0.3) is 5.69 Å². The summed E-state index contributed by atoms with van der Waals surface area (Å²) in [5, 5.41) is 11.0. The molecule has 0 radical (unpaired) electrons. The number of halogens is 1. The van der Waals surface area contributed by atoms with Crippen molar-refractivity contribution in [3.63, 3.8) is 0 Å². The van der Waals surface area contributed by atoms with E-state index in [1.165, 1.54) is 18.2 Å². The molecular weight excluding hydrogens is 396 g/mol. The average molecular weight is 413 g/mol. The molecule has 0 aliphatic rings. The molecule has 6 nitrogen and oxygen atoms in total. The van der Waals surface area contributed by atoms with Gasteiger partial charge < -0.3 is 0 Å². The minimum Gasteiger partial charge on any atom is -0.282 e. The predicted octanol–water partition coefficient (Wildman–Crippen LogP) is 4.42. The molecule has 1 N–H and O–H groups in total. The number of nitro groups is 1. The molecule has 0 atom stereocenters. The van der Waals surface area contributed by atoms with Gasteiger partial charge in [-0.2, -0.15) is 0 Å². The maximum absolute atomic E-state index is 12.4. The van der Waals surface area contributed by atoms with E-state index < -0.39 is 20.7 Å². The van der Waals surface area contributed by atoms with Crippen LogP contribution in [0.2, 0.25) is 0 Å². The highest BCUT2D eigenvalue weighted by atomic mass is 79.9. The molecule has 0 aliphatic carbocycles. The number of nitro benzene ring substituents is 1. The third-order valence-electron chi connectivity index (χ3n) is 3.46. The van der Waals surface area contributed by atoms with Crippen molar-refractivity contribution in [2.24, 2.45) is 0 Å². The van der Waals surface area contributed by atoms with Crippen LogP contribution in [-0.4, -0.2) is 13.3 Å². The van der Waals surface area contributed by atoms with E-state index in [9.17, 15) is 18.5 Å². The second kappa shape index (κ2) is 7.31. The molecule has 2 aromatic rings.